The molecule has 3 N–H and O–H groups in total. The number of hydrogen-bond donors (Lipinski definition) is 2. The lowest BCUT2D eigenvalue weighted by atomic mass is 10.3. The van der Waals surface area contributed by atoms with Crippen LogP contribution in [0.5, 0.6) is 0 Å². The van der Waals surface area contributed by atoms with Crippen LogP contribution in [0.3, 0.4) is 0 Å². The van der Waals surface area contributed by atoms with Crippen LogP contribution in [-0.2, 0) is 13.5 Å². The zero-order valence-corrected chi connectivity index (χ0v) is 9.09. The molecule has 84 valence electrons. The first-order chi connectivity index (χ1) is 7.74. The van der Waals surface area contributed by atoms with E-state index < -0.39 is 0 Å². The standard InChI is InChI=1S/C10H14N6/c1-16-7-4-8(15-16)2-5-12-10-13-6-3-9(11)14-10/h3-4,6-7H,2,5H2,1H3,(H3,11,12,13,14). The molecular weight excluding hydrogens is 204 g/mol. The lowest BCUT2D eigenvalue weighted by Gasteiger charge is -2.03. The summed E-state index contributed by atoms with van der Waals surface area (Å²) in [7, 11) is 1.90. The maximum absolute atomic E-state index is 5.54. The van der Waals surface area contributed by atoms with Crippen molar-refractivity contribution in [2.75, 3.05) is 17.6 Å². The third-order valence-corrected chi connectivity index (χ3v) is 2.11. The maximum atomic E-state index is 5.54. The molecule has 2 aromatic heterocycles. The summed E-state index contributed by atoms with van der Waals surface area (Å²) in [6, 6.07) is 3.64. The third-order valence-electron chi connectivity index (χ3n) is 2.11. The second-order valence-electron chi connectivity index (χ2n) is 3.46. The Kier molecular flexibility index (Phi) is 3.00. The Labute approximate surface area is 93.5 Å². The molecule has 0 unspecified atom stereocenters. The molecule has 0 saturated carbocycles. The van der Waals surface area contributed by atoms with Crippen LogP contribution >= 0.6 is 0 Å². The molecule has 0 spiro atoms. The van der Waals surface area contributed by atoms with E-state index in [2.05, 4.69) is 20.4 Å². The predicted molar refractivity (Wildman–Crippen MR) is 61.8 cm³/mol. The molecule has 2 rings (SSSR count). The van der Waals surface area contributed by atoms with E-state index in [9.17, 15) is 0 Å². The molecule has 0 aliphatic heterocycles. The molecule has 0 radical (unpaired) electrons. The summed E-state index contributed by atoms with van der Waals surface area (Å²) in [5.41, 5.74) is 6.58. The second-order valence-corrected chi connectivity index (χ2v) is 3.46. The number of nitrogen functional groups attached to an aromatic ring is 1. The van der Waals surface area contributed by atoms with Crippen molar-refractivity contribution < 1.29 is 0 Å². The van der Waals surface area contributed by atoms with Crippen molar-refractivity contribution in [2.24, 2.45) is 7.05 Å². The minimum absolute atomic E-state index is 0.468. The van der Waals surface area contributed by atoms with Gasteiger partial charge >= 0.3 is 0 Å². The van der Waals surface area contributed by atoms with Crippen molar-refractivity contribution in [2.45, 2.75) is 6.42 Å². The van der Waals surface area contributed by atoms with Crippen molar-refractivity contribution in [3.05, 3.63) is 30.2 Å². The topological polar surface area (TPSA) is 81.7 Å². The number of rotatable bonds is 4. The zero-order valence-electron chi connectivity index (χ0n) is 9.09. The molecule has 6 nitrogen and oxygen atoms in total. The molecule has 2 aromatic rings. The minimum atomic E-state index is 0.468. The highest BCUT2D eigenvalue weighted by Gasteiger charge is 1.98. The molecule has 0 bridgehead atoms. The molecule has 0 aromatic carbocycles. The van der Waals surface area contributed by atoms with Gasteiger partial charge in [0.05, 0.1) is 5.69 Å². The number of aryl methyl sites for hydroxylation is 1. The molecule has 0 atom stereocenters. The van der Waals surface area contributed by atoms with Crippen molar-refractivity contribution in [1.29, 1.82) is 0 Å². The fourth-order valence-electron chi connectivity index (χ4n) is 1.36. The monoisotopic (exact) mass is 218 g/mol. The third kappa shape index (κ3) is 2.69. The van der Waals surface area contributed by atoms with E-state index in [0.29, 0.717) is 11.8 Å². The first kappa shape index (κ1) is 10.4. The highest BCUT2D eigenvalue weighted by molar-refractivity contribution is 5.34. The van der Waals surface area contributed by atoms with E-state index in [4.69, 9.17) is 5.73 Å². The molecular formula is C10H14N6. The van der Waals surface area contributed by atoms with Gasteiger partial charge in [-0.1, -0.05) is 0 Å². The van der Waals surface area contributed by atoms with E-state index in [-0.39, 0.29) is 0 Å². The van der Waals surface area contributed by atoms with Crippen LogP contribution < -0.4 is 11.1 Å². The molecule has 0 saturated heterocycles. The van der Waals surface area contributed by atoms with E-state index in [1.54, 1.807) is 16.9 Å². The number of anilines is 2. The van der Waals surface area contributed by atoms with Crippen LogP contribution in [0.1, 0.15) is 5.69 Å². The first-order valence-electron chi connectivity index (χ1n) is 5.05. The highest BCUT2D eigenvalue weighted by Crippen LogP contribution is 2.01. The van der Waals surface area contributed by atoms with Gasteiger partial charge in [-0.2, -0.15) is 10.1 Å². The van der Waals surface area contributed by atoms with Crippen molar-refractivity contribution in [1.82, 2.24) is 19.7 Å². The van der Waals surface area contributed by atoms with Gasteiger partial charge in [0.1, 0.15) is 5.82 Å². The summed E-state index contributed by atoms with van der Waals surface area (Å²) in [4.78, 5) is 8.09. The van der Waals surface area contributed by atoms with Gasteiger partial charge in [0.2, 0.25) is 5.95 Å². The fraction of sp³-hybridized carbons (Fsp3) is 0.300. The molecule has 0 aliphatic carbocycles. The SMILES string of the molecule is Cn1ccc(CCNc2nccc(N)n2)n1. The van der Waals surface area contributed by atoms with Crippen LogP contribution in [0, 0.1) is 0 Å². The molecule has 16 heavy (non-hydrogen) atoms. The lowest BCUT2D eigenvalue weighted by Crippen LogP contribution is -2.09. The van der Waals surface area contributed by atoms with Crippen LogP contribution in [0.2, 0.25) is 0 Å². The zero-order chi connectivity index (χ0) is 11.4. The summed E-state index contributed by atoms with van der Waals surface area (Å²) in [5, 5.41) is 7.36. The van der Waals surface area contributed by atoms with Gasteiger partial charge in [0.15, 0.2) is 0 Å². The molecule has 6 heteroatoms. The van der Waals surface area contributed by atoms with E-state index >= 15 is 0 Å². The summed E-state index contributed by atoms with van der Waals surface area (Å²) in [6.07, 6.45) is 4.39. The Bertz CT molecular complexity index is 464. The van der Waals surface area contributed by atoms with E-state index in [1.807, 2.05) is 19.3 Å². The van der Waals surface area contributed by atoms with Crippen LogP contribution in [-0.4, -0.2) is 26.3 Å². The number of aromatic nitrogens is 4. The molecule has 0 fully saturated rings. The Balaban J connectivity index is 1.84. The Morgan fingerprint density at radius 3 is 3.00 bits per heavy atom. The normalized spacial score (nSPS) is 10.3. The van der Waals surface area contributed by atoms with Gasteiger partial charge in [-0.3, -0.25) is 4.68 Å². The van der Waals surface area contributed by atoms with Gasteiger partial charge in [-0.25, -0.2) is 4.98 Å². The largest absolute Gasteiger partial charge is 0.384 e. The van der Waals surface area contributed by atoms with Gasteiger partial charge in [-0.15, -0.1) is 0 Å². The van der Waals surface area contributed by atoms with Crippen LogP contribution in [0.15, 0.2) is 24.5 Å². The molecule has 0 amide bonds. The van der Waals surface area contributed by atoms with Gasteiger partial charge in [-0.05, 0) is 12.1 Å². The number of nitrogens with one attached hydrogen (secondary N) is 1. The second kappa shape index (κ2) is 4.61. The smallest absolute Gasteiger partial charge is 0.224 e. The highest BCUT2D eigenvalue weighted by atomic mass is 15.2. The van der Waals surface area contributed by atoms with E-state index in [0.717, 1.165) is 18.7 Å². The van der Waals surface area contributed by atoms with Gasteiger partial charge < -0.3 is 11.1 Å². The van der Waals surface area contributed by atoms with Crippen molar-refractivity contribution in [3.8, 4) is 0 Å². The maximum Gasteiger partial charge on any atom is 0.224 e. The first-order valence-corrected chi connectivity index (χ1v) is 5.05. The summed E-state index contributed by atoms with van der Waals surface area (Å²) in [6.45, 7) is 0.737. The summed E-state index contributed by atoms with van der Waals surface area (Å²) >= 11 is 0. The Hall–Kier alpha value is -2.11. The number of nitrogens with zero attached hydrogens (tertiary/aromatic N) is 4. The minimum Gasteiger partial charge on any atom is -0.384 e. The van der Waals surface area contributed by atoms with Crippen LogP contribution in [0.25, 0.3) is 0 Å². The average Bonchev–Trinajstić information content (AvgIpc) is 2.64. The molecule has 0 aliphatic rings. The van der Waals surface area contributed by atoms with Crippen molar-refractivity contribution in [3.63, 3.8) is 0 Å². The number of hydrogen-bond acceptors (Lipinski definition) is 5. The Morgan fingerprint density at radius 2 is 2.31 bits per heavy atom. The van der Waals surface area contributed by atoms with Gasteiger partial charge in [0, 0.05) is 32.4 Å². The average molecular weight is 218 g/mol. The predicted octanol–water partition coefficient (Wildman–Crippen LogP) is 0.447. The van der Waals surface area contributed by atoms with Gasteiger partial charge in [0.25, 0.3) is 0 Å². The van der Waals surface area contributed by atoms with Crippen LogP contribution in [0.4, 0.5) is 11.8 Å². The summed E-state index contributed by atoms with van der Waals surface area (Å²) < 4.78 is 1.78. The molecule has 2 heterocycles. The van der Waals surface area contributed by atoms with Crippen molar-refractivity contribution >= 4 is 11.8 Å². The lowest BCUT2D eigenvalue weighted by molar-refractivity contribution is 0.741. The quantitative estimate of drug-likeness (QED) is 0.778. The number of nitrogens with two attached hydrogens (primary N) is 1. The fourth-order valence-corrected chi connectivity index (χ4v) is 1.36. The summed E-state index contributed by atoms with van der Waals surface area (Å²) in [5.74, 6) is 1.02. The Morgan fingerprint density at radius 1 is 1.44 bits per heavy atom. The van der Waals surface area contributed by atoms with E-state index in [1.165, 1.54) is 0 Å².